The lowest BCUT2D eigenvalue weighted by atomic mass is 10.0. The van der Waals surface area contributed by atoms with E-state index in [1.54, 1.807) is 11.1 Å². The molecule has 31 heavy (non-hydrogen) atoms. The van der Waals surface area contributed by atoms with Crippen molar-refractivity contribution in [2.24, 2.45) is 0 Å². The van der Waals surface area contributed by atoms with E-state index in [-0.39, 0.29) is 24.0 Å². The van der Waals surface area contributed by atoms with Crippen molar-refractivity contribution in [3.8, 4) is 11.4 Å². The second kappa shape index (κ2) is 9.47. The molecular weight excluding hydrogens is 394 g/mol. The zero-order chi connectivity index (χ0) is 22.4. The lowest BCUT2D eigenvalue weighted by molar-refractivity contribution is -0.140. The SMILES string of the molecule is COc1cn(-c2ccccc2)nc1C(=O)OCC(=O)N(Cc1ccccc1)C(C)(C)C. The van der Waals surface area contributed by atoms with E-state index in [0.717, 1.165) is 11.3 Å². The number of nitrogens with zero attached hydrogens (tertiary/aromatic N) is 3. The second-order valence-electron chi connectivity index (χ2n) is 8.04. The topological polar surface area (TPSA) is 73.7 Å². The van der Waals surface area contributed by atoms with Crippen LogP contribution in [0.3, 0.4) is 0 Å². The normalized spacial score (nSPS) is 11.1. The Morgan fingerprint density at radius 1 is 1.00 bits per heavy atom. The highest BCUT2D eigenvalue weighted by molar-refractivity contribution is 5.92. The van der Waals surface area contributed by atoms with Gasteiger partial charge < -0.3 is 14.4 Å². The zero-order valence-electron chi connectivity index (χ0n) is 18.2. The van der Waals surface area contributed by atoms with Crippen molar-refractivity contribution in [3.05, 3.63) is 78.1 Å². The van der Waals surface area contributed by atoms with Crippen molar-refractivity contribution in [1.29, 1.82) is 0 Å². The number of para-hydroxylation sites is 1. The van der Waals surface area contributed by atoms with Crippen molar-refractivity contribution in [1.82, 2.24) is 14.7 Å². The van der Waals surface area contributed by atoms with E-state index in [1.807, 2.05) is 81.4 Å². The summed E-state index contributed by atoms with van der Waals surface area (Å²) < 4.78 is 12.1. The Hall–Kier alpha value is -3.61. The van der Waals surface area contributed by atoms with Gasteiger partial charge in [-0.15, -0.1) is 0 Å². The Balaban J connectivity index is 1.71. The summed E-state index contributed by atoms with van der Waals surface area (Å²) in [6.07, 6.45) is 1.60. The Labute approximate surface area is 182 Å². The van der Waals surface area contributed by atoms with Gasteiger partial charge in [0, 0.05) is 12.1 Å². The number of hydrogen-bond acceptors (Lipinski definition) is 5. The summed E-state index contributed by atoms with van der Waals surface area (Å²) in [4.78, 5) is 27.2. The number of aromatic nitrogens is 2. The van der Waals surface area contributed by atoms with Crippen molar-refractivity contribution in [2.75, 3.05) is 13.7 Å². The maximum atomic E-state index is 12.9. The van der Waals surface area contributed by atoms with Crippen LogP contribution in [0, 0.1) is 0 Å². The second-order valence-corrected chi connectivity index (χ2v) is 8.04. The minimum absolute atomic E-state index is 0.0181. The smallest absolute Gasteiger partial charge is 0.363 e. The molecule has 0 aliphatic heterocycles. The molecule has 0 unspecified atom stereocenters. The molecule has 1 amide bonds. The van der Waals surface area contributed by atoms with E-state index in [1.165, 1.54) is 11.8 Å². The van der Waals surface area contributed by atoms with Crippen LogP contribution >= 0.6 is 0 Å². The van der Waals surface area contributed by atoms with Gasteiger partial charge >= 0.3 is 5.97 Å². The number of hydrogen-bond donors (Lipinski definition) is 0. The molecule has 0 spiro atoms. The van der Waals surface area contributed by atoms with Crippen LogP contribution in [0.25, 0.3) is 5.69 Å². The van der Waals surface area contributed by atoms with Crippen molar-refractivity contribution >= 4 is 11.9 Å². The van der Waals surface area contributed by atoms with Gasteiger partial charge in [-0.1, -0.05) is 48.5 Å². The van der Waals surface area contributed by atoms with Crippen LogP contribution < -0.4 is 4.74 Å². The summed E-state index contributed by atoms with van der Waals surface area (Å²) in [6.45, 7) is 5.87. The van der Waals surface area contributed by atoms with Crippen LogP contribution in [0.15, 0.2) is 66.9 Å². The monoisotopic (exact) mass is 421 g/mol. The van der Waals surface area contributed by atoms with Crippen LogP contribution in [0.4, 0.5) is 0 Å². The van der Waals surface area contributed by atoms with Crippen LogP contribution in [0.2, 0.25) is 0 Å². The first-order chi connectivity index (χ1) is 14.8. The fraction of sp³-hybridized carbons (Fsp3) is 0.292. The van der Waals surface area contributed by atoms with Gasteiger partial charge in [-0.2, -0.15) is 5.10 Å². The fourth-order valence-electron chi connectivity index (χ4n) is 3.10. The molecule has 0 bridgehead atoms. The largest absolute Gasteiger partial charge is 0.493 e. The Morgan fingerprint density at radius 3 is 2.19 bits per heavy atom. The van der Waals surface area contributed by atoms with Crippen LogP contribution in [-0.4, -0.2) is 45.8 Å². The van der Waals surface area contributed by atoms with Crippen LogP contribution in [0.1, 0.15) is 36.8 Å². The first-order valence-electron chi connectivity index (χ1n) is 10.00. The number of carbonyl (C=O) groups is 2. The van der Waals surface area contributed by atoms with Gasteiger partial charge in [-0.05, 0) is 38.5 Å². The van der Waals surface area contributed by atoms with E-state index in [9.17, 15) is 9.59 Å². The number of amides is 1. The average Bonchev–Trinajstić information content (AvgIpc) is 3.21. The van der Waals surface area contributed by atoms with E-state index < -0.39 is 11.5 Å². The summed E-state index contributed by atoms with van der Waals surface area (Å²) >= 11 is 0. The molecule has 0 N–H and O–H groups in total. The maximum Gasteiger partial charge on any atom is 0.363 e. The van der Waals surface area contributed by atoms with Crippen molar-refractivity contribution in [2.45, 2.75) is 32.9 Å². The summed E-state index contributed by atoms with van der Waals surface area (Å²) in [5.74, 6) is -0.724. The van der Waals surface area contributed by atoms with Crippen molar-refractivity contribution in [3.63, 3.8) is 0 Å². The summed E-state index contributed by atoms with van der Waals surface area (Å²) in [5, 5.41) is 4.28. The van der Waals surface area contributed by atoms with Crippen LogP contribution in [-0.2, 0) is 16.1 Å². The minimum atomic E-state index is -0.714. The molecule has 0 atom stereocenters. The predicted octanol–water partition coefficient (Wildman–Crippen LogP) is 3.87. The van der Waals surface area contributed by atoms with E-state index in [2.05, 4.69) is 5.10 Å². The van der Waals surface area contributed by atoms with Gasteiger partial charge in [-0.25, -0.2) is 9.48 Å². The molecule has 0 saturated heterocycles. The highest BCUT2D eigenvalue weighted by Crippen LogP contribution is 2.21. The highest BCUT2D eigenvalue weighted by atomic mass is 16.5. The zero-order valence-corrected chi connectivity index (χ0v) is 18.2. The molecule has 3 aromatic rings. The number of methoxy groups -OCH3 is 1. The Morgan fingerprint density at radius 2 is 1.61 bits per heavy atom. The first kappa shape index (κ1) is 22.1. The number of esters is 1. The Bertz CT molecular complexity index is 1020. The summed E-state index contributed by atoms with van der Waals surface area (Å²) in [5.41, 5.74) is 1.36. The lowest BCUT2D eigenvalue weighted by Crippen LogP contribution is -2.46. The van der Waals surface area contributed by atoms with Crippen LogP contribution in [0.5, 0.6) is 5.75 Å². The molecule has 0 aliphatic carbocycles. The quantitative estimate of drug-likeness (QED) is 0.542. The molecule has 0 saturated carbocycles. The number of ether oxygens (including phenoxy) is 2. The lowest BCUT2D eigenvalue weighted by Gasteiger charge is -2.35. The number of carbonyl (C=O) groups excluding carboxylic acids is 2. The summed E-state index contributed by atoms with van der Waals surface area (Å²) in [7, 11) is 1.45. The van der Waals surface area contributed by atoms with Crippen molar-refractivity contribution < 1.29 is 19.1 Å². The highest BCUT2D eigenvalue weighted by Gasteiger charge is 2.28. The fourth-order valence-corrected chi connectivity index (χ4v) is 3.10. The third-order valence-corrected chi connectivity index (χ3v) is 4.74. The first-order valence-corrected chi connectivity index (χ1v) is 10.00. The van der Waals surface area contributed by atoms with Gasteiger partial charge in [0.1, 0.15) is 0 Å². The molecule has 0 fully saturated rings. The third-order valence-electron chi connectivity index (χ3n) is 4.74. The van der Waals surface area contributed by atoms with E-state index in [4.69, 9.17) is 9.47 Å². The molecule has 1 aromatic heterocycles. The maximum absolute atomic E-state index is 12.9. The van der Waals surface area contributed by atoms with Gasteiger partial charge in [0.05, 0.1) is 19.0 Å². The minimum Gasteiger partial charge on any atom is -0.493 e. The van der Waals surface area contributed by atoms with E-state index in [0.29, 0.717) is 6.54 Å². The molecule has 0 radical (unpaired) electrons. The molecule has 0 aliphatic rings. The predicted molar refractivity (Wildman–Crippen MR) is 117 cm³/mol. The summed E-state index contributed by atoms with van der Waals surface area (Å²) in [6, 6.07) is 19.0. The molecule has 1 heterocycles. The molecule has 7 nitrogen and oxygen atoms in total. The standard InChI is InChI=1S/C24H27N3O4/c1-24(2,3)26(15-18-11-7-5-8-12-18)21(28)17-31-23(29)22-20(30-4)16-27(25-22)19-13-9-6-10-14-19/h5-14,16H,15,17H2,1-4H3. The van der Waals surface area contributed by atoms with Gasteiger partial charge in [-0.3, -0.25) is 4.79 Å². The third kappa shape index (κ3) is 5.51. The molecule has 2 aromatic carbocycles. The van der Waals surface area contributed by atoms with Gasteiger partial charge in [0.2, 0.25) is 5.69 Å². The Kier molecular flexibility index (Phi) is 6.74. The van der Waals surface area contributed by atoms with Gasteiger partial charge in [0.25, 0.3) is 5.91 Å². The number of benzene rings is 2. The number of rotatable bonds is 7. The van der Waals surface area contributed by atoms with E-state index >= 15 is 0 Å². The molecule has 3 rings (SSSR count). The molecular formula is C24H27N3O4. The molecule has 7 heteroatoms. The molecule has 162 valence electrons. The van der Waals surface area contributed by atoms with Gasteiger partial charge in [0.15, 0.2) is 12.4 Å². The average molecular weight is 421 g/mol.